The van der Waals surface area contributed by atoms with Gasteiger partial charge in [-0.25, -0.2) is 8.78 Å². The number of aliphatic hydroxyl groups excluding tert-OH is 1. The molecule has 1 aromatic heterocycles. The maximum absolute atomic E-state index is 15.0. The summed E-state index contributed by atoms with van der Waals surface area (Å²) in [5.74, 6) is -3.46. The molecule has 0 radical (unpaired) electrons. The summed E-state index contributed by atoms with van der Waals surface area (Å²) in [6.07, 6.45) is 1.13. The van der Waals surface area contributed by atoms with E-state index in [2.05, 4.69) is 14.8 Å². The van der Waals surface area contributed by atoms with Gasteiger partial charge in [0, 0.05) is 44.3 Å². The molecule has 0 amide bonds. The van der Waals surface area contributed by atoms with Crippen molar-refractivity contribution in [1.82, 2.24) is 14.8 Å². The molecule has 1 saturated carbocycles. The van der Waals surface area contributed by atoms with Crippen molar-refractivity contribution >= 4 is 48.1 Å². The van der Waals surface area contributed by atoms with Crippen molar-refractivity contribution in [2.45, 2.75) is 29.9 Å². The summed E-state index contributed by atoms with van der Waals surface area (Å²) in [6, 6.07) is 25.1. The largest absolute Gasteiger partial charge is 0.490 e. The van der Waals surface area contributed by atoms with Gasteiger partial charge < -0.3 is 9.84 Å². The third kappa shape index (κ3) is 5.71. The summed E-state index contributed by atoms with van der Waals surface area (Å²) in [7, 11) is 0. The molecule has 10 heteroatoms. The lowest BCUT2D eigenvalue weighted by molar-refractivity contribution is 0.0400. The molecule has 5 nitrogen and oxygen atoms in total. The van der Waals surface area contributed by atoms with Gasteiger partial charge in [-0.15, -0.1) is 37.2 Å². The molecule has 2 fully saturated rings. The van der Waals surface area contributed by atoms with E-state index in [0.29, 0.717) is 6.54 Å². The number of fused-ring (bicyclic) bond motifs is 6. The number of nitrogens with zero attached hydrogens (tertiary/aromatic N) is 3. The summed E-state index contributed by atoms with van der Waals surface area (Å²) in [5, 5.41) is 11.7. The van der Waals surface area contributed by atoms with E-state index in [9.17, 15) is 13.9 Å². The number of hydrogen-bond donors (Lipinski definition) is 1. The fraction of sp³-hybridized carbons (Fsp3) is 0.344. The molecule has 3 aromatic carbocycles. The summed E-state index contributed by atoms with van der Waals surface area (Å²) in [6.45, 7) is 3.89. The van der Waals surface area contributed by atoms with Gasteiger partial charge in [-0.05, 0) is 46.5 Å². The van der Waals surface area contributed by atoms with E-state index in [0.717, 1.165) is 65.1 Å². The minimum atomic E-state index is -2.70. The van der Waals surface area contributed by atoms with Crippen molar-refractivity contribution < 1.29 is 18.6 Å². The van der Waals surface area contributed by atoms with E-state index >= 15 is 0 Å². The normalized spacial score (nSPS) is 23.0. The fourth-order valence-electron chi connectivity index (χ4n) is 6.69. The van der Waals surface area contributed by atoms with Crippen molar-refractivity contribution in [3.8, 4) is 5.75 Å². The number of aliphatic hydroxyl groups is 1. The summed E-state index contributed by atoms with van der Waals surface area (Å²) in [5.41, 5.74) is 4.44. The summed E-state index contributed by atoms with van der Waals surface area (Å²) >= 11 is 0. The second kappa shape index (κ2) is 13.0. The molecular weight excluding hydrogens is 603 g/mol. The third-order valence-corrected chi connectivity index (χ3v) is 8.58. The zero-order chi connectivity index (χ0) is 26.6. The van der Waals surface area contributed by atoms with Crippen molar-refractivity contribution in [2.24, 2.45) is 0 Å². The number of aromatic nitrogens is 1. The zero-order valence-corrected chi connectivity index (χ0v) is 25.3. The third-order valence-electron chi connectivity index (χ3n) is 8.58. The number of piperazine rings is 1. The second-order valence-corrected chi connectivity index (χ2v) is 10.9. The number of alkyl halides is 2. The van der Waals surface area contributed by atoms with Gasteiger partial charge in [0.2, 0.25) is 0 Å². The van der Waals surface area contributed by atoms with Crippen LogP contribution in [0.4, 0.5) is 8.78 Å². The molecule has 2 heterocycles. The highest BCUT2D eigenvalue weighted by molar-refractivity contribution is 5.86. The number of halogens is 5. The zero-order valence-electron chi connectivity index (χ0n) is 22.8. The lowest BCUT2D eigenvalue weighted by atomic mass is 9.90. The van der Waals surface area contributed by atoms with Gasteiger partial charge in [0.05, 0.1) is 23.4 Å². The quantitative estimate of drug-likeness (QED) is 0.263. The van der Waals surface area contributed by atoms with Crippen molar-refractivity contribution in [1.29, 1.82) is 0 Å². The first-order valence-electron chi connectivity index (χ1n) is 13.7. The lowest BCUT2D eigenvalue weighted by Gasteiger charge is -2.41. The van der Waals surface area contributed by atoms with E-state index in [1.807, 2.05) is 78.9 Å². The van der Waals surface area contributed by atoms with Crippen LogP contribution in [0.5, 0.6) is 5.75 Å². The van der Waals surface area contributed by atoms with Crippen LogP contribution >= 0.6 is 37.2 Å². The van der Waals surface area contributed by atoms with E-state index in [1.54, 1.807) is 6.20 Å². The molecule has 0 spiro atoms. The first kappa shape index (κ1) is 32.4. The van der Waals surface area contributed by atoms with Crippen molar-refractivity contribution in [2.75, 3.05) is 39.3 Å². The Morgan fingerprint density at radius 3 is 2.00 bits per heavy atom. The molecule has 1 N–H and O–H groups in total. The van der Waals surface area contributed by atoms with Gasteiger partial charge in [-0.3, -0.25) is 14.8 Å². The highest BCUT2D eigenvalue weighted by Crippen LogP contribution is 2.70. The maximum atomic E-state index is 15.0. The van der Waals surface area contributed by atoms with E-state index in [-0.39, 0.29) is 49.9 Å². The smallest absolute Gasteiger partial charge is 0.263 e. The van der Waals surface area contributed by atoms with Gasteiger partial charge in [-0.2, -0.15) is 0 Å². The Hall–Kier alpha value is -2.52. The SMILES string of the molecule is Cl.Cl.Cl.O[C@H](COc1cccc2ncccc12)CN1CCN(C2c3ccccc3[C@@H]3[C@H](c4ccccc42)C3(F)F)CC1. The van der Waals surface area contributed by atoms with Crippen molar-refractivity contribution in [3.63, 3.8) is 0 Å². The molecule has 1 aliphatic heterocycles. The van der Waals surface area contributed by atoms with E-state index in [4.69, 9.17) is 4.74 Å². The molecule has 0 bridgehead atoms. The molecular formula is C32H34Cl3F2N3O2. The Kier molecular flexibility index (Phi) is 10.0. The van der Waals surface area contributed by atoms with Crippen LogP contribution in [-0.2, 0) is 0 Å². The molecule has 1 saturated heterocycles. The Balaban J connectivity index is 0.00000135. The highest BCUT2D eigenvalue weighted by atomic mass is 35.5. The van der Waals surface area contributed by atoms with Gasteiger partial charge in [-0.1, -0.05) is 54.6 Å². The second-order valence-electron chi connectivity index (χ2n) is 10.9. The van der Waals surface area contributed by atoms with Crippen LogP contribution in [-0.4, -0.2) is 71.2 Å². The first-order valence-corrected chi connectivity index (χ1v) is 13.7. The molecule has 7 rings (SSSR count). The number of benzene rings is 3. The number of pyridine rings is 1. The molecule has 2 aliphatic carbocycles. The molecule has 224 valence electrons. The van der Waals surface area contributed by atoms with Gasteiger partial charge in [0.25, 0.3) is 5.92 Å². The minimum absolute atomic E-state index is 0. The average Bonchev–Trinajstić information content (AvgIpc) is 3.58. The number of hydrogen-bond acceptors (Lipinski definition) is 5. The van der Waals surface area contributed by atoms with E-state index < -0.39 is 23.9 Å². The van der Waals surface area contributed by atoms with Crippen LogP contribution in [0.25, 0.3) is 10.9 Å². The predicted octanol–water partition coefficient (Wildman–Crippen LogP) is 6.48. The lowest BCUT2D eigenvalue weighted by Crippen LogP contribution is -2.50. The molecule has 4 atom stereocenters. The fourth-order valence-corrected chi connectivity index (χ4v) is 6.69. The van der Waals surface area contributed by atoms with Crippen LogP contribution in [0.15, 0.2) is 85.1 Å². The maximum Gasteiger partial charge on any atom is 0.263 e. The predicted molar refractivity (Wildman–Crippen MR) is 168 cm³/mol. The van der Waals surface area contributed by atoms with E-state index in [1.165, 1.54) is 0 Å². The Morgan fingerprint density at radius 2 is 1.38 bits per heavy atom. The van der Waals surface area contributed by atoms with Gasteiger partial charge >= 0.3 is 0 Å². The topological polar surface area (TPSA) is 48.8 Å². The molecule has 3 aliphatic rings. The monoisotopic (exact) mass is 635 g/mol. The Labute approximate surface area is 263 Å². The molecule has 4 aromatic rings. The Bertz CT molecular complexity index is 1460. The molecule has 42 heavy (non-hydrogen) atoms. The van der Waals surface area contributed by atoms with Crippen LogP contribution in [0.3, 0.4) is 0 Å². The van der Waals surface area contributed by atoms with Crippen LogP contribution in [0, 0.1) is 0 Å². The summed E-state index contributed by atoms with van der Waals surface area (Å²) in [4.78, 5) is 9.04. The number of ether oxygens (including phenoxy) is 1. The average molecular weight is 637 g/mol. The van der Waals surface area contributed by atoms with Crippen LogP contribution < -0.4 is 4.74 Å². The number of rotatable bonds is 6. The molecule has 1 unspecified atom stereocenters. The van der Waals surface area contributed by atoms with Gasteiger partial charge in [0.15, 0.2) is 0 Å². The minimum Gasteiger partial charge on any atom is -0.490 e. The van der Waals surface area contributed by atoms with Gasteiger partial charge in [0.1, 0.15) is 18.5 Å². The number of β-amino-alcohol motifs (C(OH)–C–C–N with tert-alkyl or cyclic N) is 1. The Morgan fingerprint density at radius 1 is 0.786 bits per heavy atom. The highest BCUT2D eigenvalue weighted by Gasteiger charge is 2.71. The first-order chi connectivity index (χ1) is 19.0. The van der Waals surface area contributed by atoms with Crippen LogP contribution in [0.1, 0.15) is 40.1 Å². The van der Waals surface area contributed by atoms with Crippen molar-refractivity contribution in [3.05, 3.63) is 107 Å². The summed E-state index contributed by atoms with van der Waals surface area (Å²) < 4.78 is 35.9. The standard InChI is InChI=1S/C32H31F2N3O2.3ClH/c33-32(34)29-22-7-1-3-9-24(22)31(25-10-4-2-8-23(25)30(29)32)37-17-15-36(16-18-37)19-21(38)20-39-28-13-5-12-27-26(28)11-6-14-35-27;;;/h1-14,21,29-31,38H,15-20H2;3*1H/t21-,29-,30+,31?;;;/m0.../s1. The van der Waals surface area contributed by atoms with Crippen LogP contribution in [0.2, 0.25) is 0 Å².